The summed E-state index contributed by atoms with van der Waals surface area (Å²) in [4.78, 5) is 16.0. The van der Waals surface area contributed by atoms with Gasteiger partial charge in [-0.1, -0.05) is 0 Å². The van der Waals surface area contributed by atoms with E-state index < -0.39 is 5.97 Å². The Morgan fingerprint density at radius 1 is 1.53 bits per heavy atom. The Morgan fingerprint density at radius 3 is 2.95 bits per heavy atom. The number of aromatic nitrogens is 1. The average molecular weight is 277 g/mol. The van der Waals surface area contributed by atoms with Gasteiger partial charge in [0.15, 0.2) is 0 Å². The van der Waals surface area contributed by atoms with Crippen LogP contribution in [0.25, 0.3) is 0 Å². The van der Waals surface area contributed by atoms with Gasteiger partial charge in [-0.05, 0) is 25.1 Å². The molecule has 0 bridgehead atoms. The van der Waals surface area contributed by atoms with Gasteiger partial charge in [0.25, 0.3) is 0 Å². The maximum Gasteiger partial charge on any atom is 0.340 e. The molecule has 0 spiro atoms. The molecule has 5 nitrogen and oxygen atoms in total. The number of benzene rings is 1. The molecular formula is C13H15N3O2S. The lowest BCUT2D eigenvalue weighted by molar-refractivity contribution is 0.0602. The van der Waals surface area contributed by atoms with E-state index in [0.29, 0.717) is 23.5 Å². The van der Waals surface area contributed by atoms with Crippen LogP contribution >= 0.6 is 11.3 Å². The van der Waals surface area contributed by atoms with E-state index >= 15 is 0 Å². The lowest BCUT2D eigenvalue weighted by Crippen LogP contribution is -2.09. The highest BCUT2D eigenvalue weighted by molar-refractivity contribution is 7.09. The maximum atomic E-state index is 11.7. The molecule has 1 aromatic carbocycles. The number of thiazole rings is 1. The second-order valence-corrected chi connectivity index (χ2v) is 4.98. The number of hydrogen-bond acceptors (Lipinski definition) is 6. The van der Waals surface area contributed by atoms with E-state index in [0.717, 1.165) is 10.7 Å². The van der Waals surface area contributed by atoms with Crippen molar-refractivity contribution in [2.45, 2.75) is 13.5 Å². The topological polar surface area (TPSA) is 77.2 Å². The van der Waals surface area contributed by atoms with Crippen molar-refractivity contribution in [1.82, 2.24) is 4.98 Å². The van der Waals surface area contributed by atoms with Crippen LogP contribution in [0.5, 0.6) is 0 Å². The number of rotatable bonds is 4. The Balaban J connectivity index is 2.17. The van der Waals surface area contributed by atoms with Gasteiger partial charge in [0.05, 0.1) is 19.2 Å². The molecule has 0 amide bonds. The smallest absolute Gasteiger partial charge is 0.340 e. The molecule has 2 rings (SSSR count). The van der Waals surface area contributed by atoms with Gasteiger partial charge in [-0.2, -0.15) is 0 Å². The Morgan fingerprint density at radius 2 is 2.32 bits per heavy atom. The van der Waals surface area contributed by atoms with Crippen LogP contribution in [-0.4, -0.2) is 18.1 Å². The molecule has 0 atom stereocenters. The quantitative estimate of drug-likeness (QED) is 0.663. The van der Waals surface area contributed by atoms with E-state index in [1.165, 1.54) is 7.11 Å². The molecule has 6 heteroatoms. The summed E-state index contributed by atoms with van der Waals surface area (Å²) in [5.74, 6) is -0.412. The fraction of sp³-hybridized carbons (Fsp3) is 0.231. The Hall–Kier alpha value is -2.08. The number of aryl methyl sites for hydroxylation is 1. The average Bonchev–Trinajstić information content (AvgIpc) is 2.82. The van der Waals surface area contributed by atoms with Crippen molar-refractivity contribution in [3.63, 3.8) is 0 Å². The van der Waals surface area contributed by atoms with E-state index in [-0.39, 0.29) is 0 Å². The van der Waals surface area contributed by atoms with Gasteiger partial charge >= 0.3 is 5.97 Å². The summed E-state index contributed by atoms with van der Waals surface area (Å²) >= 11 is 1.58. The van der Waals surface area contributed by atoms with E-state index in [1.54, 1.807) is 29.5 Å². The molecule has 19 heavy (non-hydrogen) atoms. The molecule has 0 saturated heterocycles. The summed E-state index contributed by atoms with van der Waals surface area (Å²) in [6.45, 7) is 2.51. The number of carbonyl (C=O) groups excluding carboxylic acids is 1. The van der Waals surface area contributed by atoms with E-state index in [9.17, 15) is 4.79 Å². The van der Waals surface area contributed by atoms with Crippen LogP contribution in [0.15, 0.2) is 23.6 Å². The van der Waals surface area contributed by atoms with Crippen LogP contribution in [0.1, 0.15) is 21.1 Å². The Bertz CT molecular complexity index is 595. The number of methoxy groups -OCH3 is 1. The highest BCUT2D eigenvalue weighted by Crippen LogP contribution is 2.21. The number of nitrogens with one attached hydrogen (secondary N) is 1. The molecule has 0 radical (unpaired) electrons. The summed E-state index contributed by atoms with van der Waals surface area (Å²) in [7, 11) is 1.35. The Kier molecular flexibility index (Phi) is 4.01. The second-order valence-electron chi connectivity index (χ2n) is 4.03. The lowest BCUT2D eigenvalue weighted by atomic mass is 10.1. The minimum Gasteiger partial charge on any atom is -0.465 e. The summed E-state index contributed by atoms with van der Waals surface area (Å²) in [6, 6.07) is 5.10. The molecule has 0 saturated carbocycles. The van der Waals surface area contributed by atoms with Gasteiger partial charge in [0.2, 0.25) is 0 Å². The number of nitrogens with two attached hydrogens (primary N) is 1. The predicted molar refractivity (Wildman–Crippen MR) is 76.4 cm³/mol. The molecule has 0 aliphatic heterocycles. The van der Waals surface area contributed by atoms with Crippen LogP contribution in [0, 0.1) is 6.92 Å². The number of esters is 1. The molecule has 0 aliphatic rings. The van der Waals surface area contributed by atoms with Crippen molar-refractivity contribution < 1.29 is 9.53 Å². The number of nitrogens with zero attached hydrogens (tertiary/aromatic N) is 1. The minimum absolute atomic E-state index is 0.412. The van der Waals surface area contributed by atoms with Crippen molar-refractivity contribution in [2.75, 3.05) is 18.2 Å². The molecule has 0 aliphatic carbocycles. The van der Waals surface area contributed by atoms with Gasteiger partial charge in [0.1, 0.15) is 5.01 Å². The van der Waals surface area contributed by atoms with Crippen molar-refractivity contribution in [3.8, 4) is 0 Å². The van der Waals surface area contributed by atoms with E-state index in [1.807, 2.05) is 12.3 Å². The number of hydrogen-bond donors (Lipinski definition) is 2. The summed E-state index contributed by atoms with van der Waals surface area (Å²) in [5.41, 5.74) is 8.32. The molecular weight excluding hydrogens is 262 g/mol. The highest BCUT2D eigenvalue weighted by atomic mass is 32.1. The fourth-order valence-electron chi connectivity index (χ4n) is 1.65. The molecule has 0 unspecified atom stereocenters. The second kappa shape index (κ2) is 5.71. The van der Waals surface area contributed by atoms with Crippen LogP contribution in [0.4, 0.5) is 11.4 Å². The first-order valence-corrected chi connectivity index (χ1v) is 6.61. The summed E-state index contributed by atoms with van der Waals surface area (Å²) in [6.07, 6.45) is 0. The van der Waals surface area contributed by atoms with Crippen LogP contribution in [0.3, 0.4) is 0 Å². The van der Waals surface area contributed by atoms with E-state index in [4.69, 9.17) is 10.5 Å². The van der Waals surface area contributed by atoms with E-state index in [2.05, 4.69) is 10.3 Å². The first-order chi connectivity index (χ1) is 9.10. The van der Waals surface area contributed by atoms with Crippen molar-refractivity contribution >= 4 is 28.7 Å². The van der Waals surface area contributed by atoms with Gasteiger partial charge < -0.3 is 15.8 Å². The lowest BCUT2D eigenvalue weighted by Gasteiger charge is -2.10. The Labute approximate surface area is 115 Å². The molecule has 1 heterocycles. The van der Waals surface area contributed by atoms with Crippen molar-refractivity contribution in [2.24, 2.45) is 0 Å². The SMILES string of the molecule is COC(=O)c1cc(N)ccc1NCc1nc(C)cs1. The van der Waals surface area contributed by atoms with Gasteiger partial charge in [-0.25, -0.2) is 9.78 Å². The van der Waals surface area contributed by atoms with Crippen LogP contribution in [0.2, 0.25) is 0 Å². The van der Waals surface area contributed by atoms with Crippen molar-refractivity contribution in [3.05, 3.63) is 39.8 Å². The highest BCUT2D eigenvalue weighted by Gasteiger charge is 2.12. The number of nitrogen functional groups attached to an aromatic ring is 1. The third-order valence-electron chi connectivity index (χ3n) is 2.55. The molecule has 3 N–H and O–H groups in total. The summed E-state index contributed by atoms with van der Waals surface area (Å²) < 4.78 is 4.74. The zero-order valence-electron chi connectivity index (χ0n) is 10.8. The van der Waals surface area contributed by atoms with Gasteiger partial charge in [-0.3, -0.25) is 0 Å². The van der Waals surface area contributed by atoms with Crippen LogP contribution in [-0.2, 0) is 11.3 Å². The third-order valence-corrected chi connectivity index (χ3v) is 3.51. The number of carbonyl (C=O) groups is 1. The first kappa shape index (κ1) is 13.4. The van der Waals surface area contributed by atoms with Crippen LogP contribution < -0.4 is 11.1 Å². The molecule has 100 valence electrons. The maximum absolute atomic E-state index is 11.7. The zero-order valence-corrected chi connectivity index (χ0v) is 11.6. The van der Waals surface area contributed by atoms with Gasteiger partial charge in [-0.15, -0.1) is 11.3 Å². The predicted octanol–water partition coefficient (Wildman–Crippen LogP) is 2.43. The van der Waals surface area contributed by atoms with Gasteiger partial charge in [0, 0.05) is 22.4 Å². The largest absolute Gasteiger partial charge is 0.465 e. The fourth-order valence-corrected chi connectivity index (χ4v) is 2.36. The molecule has 2 aromatic rings. The first-order valence-electron chi connectivity index (χ1n) is 5.73. The van der Waals surface area contributed by atoms with Crippen molar-refractivity contribution in [1.29, 1.82) is 0 Å². The normalized spacial score (nSPS) is 10.2. The zero-order chi connectivity index (χ0) is 13.8. The third kappa shape index (κ3) is 3.23. The molecule has 0 fully saturated rings. The minimum atomic E-state index is -0.412. The summed E-state index contributed by atoms with van der Waals surface area (Å²) in [5, 5.41) is 6.13. The number of anilines is 2. The monoisotopic (exact) mass is 277 g/mol. The molecule has 1 aromatic heterocycles. The standard InChI is InChI=1S/C13H15N3O2S/c1-8-7-19-12(16-8)6-15-11-4-3-9(14)5-10(11)13(17)18-2/h3-5,7,15H,6,14H2,1-2H3. The number of ether oxygens (including phenoxy) is 1.